The Morgan fingerprint density at radius 1 is 1.26 bits per heavy atom. The molecule has 0 radical (unpaired) electrons. The molecule has 0 saturated carbocycles. The quantitative estimate of drug-likeness (QED) is 0.905. The van der Waals surface area contributed by atoms with Crippen LogP contribution in [-0.4, -0.2) is 29.1 Å². The van der Waals surface area contributed by atoms with Gasteiger partial charge in [0.25, 0.3) is 0 Å². The fraction of sp³-hybridized carbons (Fsp3) is 0.733. The third-order valence-corrected chi connectivity index (χ3v) is 3.90. The van der Waals surface area contributed by atoms with Gasteiger partial charge in [0.2, 0.25) is 0 Å². The molecule has 4 heteroatoms. The molecule has 2 heterocycles. The summed E-state index contributed by atoms with van der Waals surface area (Å²) in [7, 11) is 0. The highest BCUT2D eigenvalue weighted by Gasteiger charge is 2.23. The molecule has 0 bridgehead atoms. The van der Waals surface area contributed by atoms with Crippen molar-refractivity contribution in [2.45, 2.75) is 59.4 Å². The van der Waals surface area contributed by atoms with Crippen molar-refractivity contribution in [1.82, 2.24) is 9.97 Å². The zero-order valence-corrected chi connectivity index (χ0v) is 12.7. The lowest BCUT2D eigenvalue weighted by molar-refractivity contribution is 0.479. The molecule has 106 valence electrons. The van der Waals surface area contributed by atoms with Gasteiger partial charge in [-0.3, -0.25) is 0 Å². The molecule has 1 aliphatic heterocycles. The van der Waals surface area contributed by atoms with E-state index < -0.39 is 0 Å². The first-order chi connectivity index (χ1) is 9.17. The maximum Gasteiger partial charge on any atom is 0.137 e. The summed E-state index contributed by atoms with van der Waals surface area (Å²) in [5, 5.41) is 3.37. The molecule has 0 aliphatic carbocycles. The van der Waals surface area contributed by atoms with Crippen LogP contribution >= 0.6 is 0 Å². The SMILES string of the molecule is CCNc1nc(CC)nc(N2CCCCC2C)c1C. The van der Waals surface area contributed by atoms with Gasteiger partial charge in [-0.1, -0.05) is 6.92 Å². The van der Waals surface area contributed by atoms with Crippen LogP contribution in [-0.2, 0) is 6.42 Å². The summed E-state index contributed by atoms with van der Waals surface area (Å²) in [5.74, 6) is 3.08. The zero-order chi connectivity index (χ0) is 13.8. The average Bonchev–Trinajstić information content (AvgIpc) is 2.42. The van der Waals surface area contributed by atoms with Crippen molar-refractivity contribution in [2.24, 2.45) is 0 Å². The topological polar surface area (TPSA) is 41.1 Å². The monoisotopic (exact) mass is 262 g/mol. The van der Waals surface area contributed by atoms with Crippen LogP contribution < -0.4 is 10.2 Å². The Balaban J connectivity index is 2.39. The smallest absolute Gasteiger partial charge is 0.137 e. The molecule has 4 nitrogen and oxygen atoms in total. The van der Waals surface area contributed by atoms with E-state index in [-0.39, 0.29) is 0 Å². The van der Waals surface area contributed by atoms with Crippen molar-refractivity contribution in [2.75, 3.05) is 23.3 Å². The normalized spacial score (nSPS) is 19.6. The lowest BCUT2D eigenvalue weighted by Gasteiger charge is -2.35. The van der Waals surface area contributed by atoms with Crippen LogP contribution in [0.15, 0.2) is 0 Å². The molecule has 1 saturated heterocycles. The first-order valence-corrected chi connectivity index (χ1v) is 7.55. The van der Waals surface area contributed by atoms with E-state index in [1.165, 1.54) is 24.8 Å². The molecular weight excluding hydrogens is 236 g/mol. The van der Waals surface area contributed by atoms with Crippen molar-refractivity contribution in [3.05, 3.63) is 11.4 Å². The average molecular weight is 262 g/mol. The summed E-state index contributed by atoms with van der Waals surface area (Å²) in [5.41, 5.74) is 1.19. The third-order valence-electron chi connectivity index (χ3n) is 3.90. The van der Waals surface area contributed by atoms with Gasteiger partial charge in [-0.05, 0) is 40.0 Å². The summed E-state index contributed by atoms with van der Waals surface area (Å²) in [6, 6.07) is 0.585. The summed E-state index contributed by atoms with van der Waals surface area (Å²) < 4.78 is 0. The van der Waals surface area contributed by atoms with Crippen LogP contribution in [0.4, 0.5) is 11.6 Å². The van der Waals surface area contributed by atoms with Crippen molar-refractivity contribution in [1.29, 1.82) is 0 Å². The van der Waals surface area contributed by atoms with E-state index in [0.29, 0.717) is 6.04 Å². The van der Waals surface area contributed by atoms with Crippen molar-refractivity contribution in [3.63, 3.8) is 0 Å². The van der Waals surface area contributed by atoms with E-state index in [4.69, 9.17) is 4.98 Å². The standard InChI is InChI=1S/C15H26N4/c1-5-13-17-14(16-6-2)12(4)15(18-13)19-10-8-7-9-11(19)3/h11H,5-10H2,1-4H3,(H,16,17,18). The molecule has 1 aliphatic rings. The number of nitrogens with one attached hydrogen (secondary N) is 1. The zero-order valence-electron chi connectivity index (χ0n) is 12.7. The highest BCUT2D eigenvalue weighted by molar-refractivity contribution is 5.59. The van der Waals surface area contributed by atoms with Crippen LogP contribution in [0.5, 0.6) is 0 Å². The number of hydrogen-bond acceptors (Lipinski definition) is 4. The number of nitrogens with zero attached hydrogens (tertiary/aromatic N) is 3. The van der Waals surface area contributed by atoms with Crippen molar-refractivity contribution in [3.8, 4) is 0 Å². The number of aromatic nitrogens is 2. The second kappa shape index (κ2) is 6.22. The lowest BCUT2D eigenvalue weighted by Crippen LogP contribution is -2.38. The van der Waals surface area contributed by atoms with E-state index in [0.717, 1.165) is 37.0 Å². The second-order valence-corrected chi connectivity index (χ2v) is 5.36. The molecule has 1 fully saturated rings. The summed E-state index contributed by atoms with van der Waals surface area (Å²) in [6.07, 6.45) is 4.75. The summed E-state index contributed by atoms with van der Waals surface area (Å²) in [6.45, 7) is 10.7. The van der Waals surface area contributed by atoms with Gasteiger partial charge in [0.1, 0.15) is 17.5 Å². The van der Waals surface area contributed by atoms with Gasteiger partial charge in [0.15, 0.2) is 0 Å². The minimum absolute atomic E-state index is 0.585. The van der Waals surface area contributed by atoms with Crippen LogP contribution in [0.3, 0.4) is 0 Å². The first-order valence-electron chi connectivity index (χ1n) is 7.55. The molecule has 0 amide bonds. The minimum Gasteiger partial charge on any atom is -0.370 e. The van der Waals surface area contributed by atoms with Gasteiger partial charge in [0.05, 0.1) is 0 Å². The van der Waals surface area contributed by atoms with Crippen molar-refractivity contribution >= 4 is 11.6 Å². The minimum atomic E-state index is 0.585. The number of aryl methyl sites for hydroxylation is 1. The van der Waals surface area contributed by atoms with Crippen LogP contribution in [0.1, 0.15) is 51.4 Å². The molecule has 2 rings (SSSR count). The van der Waals surface area contributed by atoms with E-state index in [2.05, 4.69) is 42.9 Å². The first kappa shape index (κ1) is 14.1. The fourth-order valence-corrected chi connectivity index (χ4v) is 2.74. The number of rotatable bonds is 4. The van der Waals surface area contributed by atoms with Gasteiger partial charge in [-0.15, -0.1) is 0 Å². The molecule has 1 unspecified atom stereocenters. The van der Waals surface area contributed by atoms with Crippen LogP contribution in [0.25, 0.3) is 0 Å². The maximum atomic E-state index is 4.78. The highest BCUT2D eigenvalue weighted by Crippen LogP contribution is 2.29. The molecule has 1 atom stereocenters. The van der Waals surface area contributed by atoms with E-state index in [1.54, 1.807) is 0 Å². The van der Waals surface area contributed by atoms with Crippen LogP contribution in [0.2, 0.25) is 0 Å². The molecule has 0 aromatic carbocycles. The highest BCUT2D eigenvalue weighted by atomic mass is 15.2. The predicted octanol–water partition coefficient (Wildman–Crippen LogP) is 3.16. The molecule has 0 spiro atoms. The van der Waals surface area contributed by atoms with Gasteiger partial charge in [-0.25, -0.2) is 9.97 Å². The maximum absolute atomic E-state index is 4.78. The van der Waals surface area contributed by atoms with Gasteiger partial charge < -0.3 is 10.2 Å². The number of hydrogen-bond donors (Lipinski definition) is 1. The Hall–Kier alpha value is -1.32. The molecular formula is C15H26N4. The Kier molecular flexibility index (Phi) is 4.61. The van der Waals surface area contributed by atoms with Gasteiger partial charge >= 0.3 is 0 Å². The Morgan fingerprint density at radius 3 is 2.68 bits per heavy atom. The predicted molar refractivity (Wildman–Crippen MR) is 81.0 cm³/mol. The van der Waals surface area contributed by atoms with E-state index in [9.17, 15) is 0 Å². The molecule has 19 heavy (non-hydrogen) atoms. The van der Waals surface area contributed by atoms with E-state index in [1.807, 2.05) is 0 Å². The molecule has 1 aromatic heterocycles. The second-order valence-electron chi connectivity index (χ2n) is 5.36. The Morgan fingerprint density at radius 2 is 2.05 bits per heavy atom. The number of piperidine rings is 1. The van der Waals surface area contributed by atoms with E-state index >= 15 is 0 Å². The number of anilines is 2. The molecule has 1 N–H and O–H groups in total. The fourth-order valence-electron chi connectivity index (χ4n) is 2.74. The molecule has 1 aromatic rings. The summed E-state index contributed by atoms with van der Waals surface area (Å²) >= 11 is 0. The Labute approximate surface area is 116 Å². The van der Waals surface area contributed by atoms with Gasteiger partial charge in [0, 0.05) is 31.1 Å². The Bertz CT molecular complexity index is 430. The van der Waals surface area contributed by atoms with Gasteiger partial charge in [-0.2, -0.15) is 0 Å². The largest absolute Gasteiger partial charge is 0.370 e. The summed E-state index contributed by atoms with van der Waals surface area (Å²) in [4.78, 5) is 11.9. The van der Waals surface area contributed by atoms with Crippen LogP contribution in [0, 0.1) is 6.92 Å². The lowest BCUT2D eigenvalue weighted by atomic mass is 10.0. The van der Waals surface area contributed by atoms with Crippen molar-refractivity contribution < 1.29 is 0 Å². The third kappa shape index (κ3) is 2.99.